The summed E-state index contributed by atoms with van der Waals surface area (Å²) in [4.78, 5) is 12.7. The maximum atomic E-state index is 10.9. The van der Waals surface area contributed by atoms with Crippen LogP contribution < -0.4 is 5.32 Å². The van der Waals surface area contributed by atoms with Crippen molar-refractivity contribution < 1.29 is 4.79 Å². The van der Waals surface area contributed by atoms with Gasteiger partial charge in [0, 0.05) is 19.1 Å². The quantitative estimate of drug-likeness (QED) is 0.460. The van der Waals surface area contributed by atoms with Crippen LogP contribution in [0.1, 0.15) is 6.42 Å². The number of nitrogens with zero attached hydrogens (tertiary/aromatic N) is 1. The molecule has 2 rings (SSSR count). The number of carbonyl (C=O) groups excluding carboxylic acids is 1. The van der Waals surface area contributed by atoms with Gasteiger partial charge in [0.1, 0.15) is 0 Å². The molecule has 1 aliphatic carbocycles. The molecule has 1 N–H and O–H groups in total. The number of likely N-dealkylation sites (N-methyl/N-ethyl adjacent to an activating group) is 1. The minimum Gasteiger partial charge on any atom is -0.340 e. The Kier molecular flexibility index (Phi) is 0.858. The van der Waals surface area contributed by atoms with E-state index in [0.29, 0.717) is 18.6 Å². The molecule has 3 heteroatoms. The molecule has 1 saturated carbocycles. The van der Waals surface area contributed by atoms with E-state index in [0.717, 1.165) is 6.42 Å². The second kappa shape index (κ2) is 1.48. The predicted octanol–water partition coefficient (Wildman–Crippen LogP) is -0.811. The summed E-state index contributed by atoms with van der Waals surface area (Å²) in [7, 11) is 1.88. The zero-order chi connectivity index (χ0) is 6.43. The fourth-order valence-corrected chi connectivity index (χ4v) is 1.36. The lowest BCUT2D eigenvalue weighted by Crippen LogP contribution is -2.45. The van der Waals surface area contributed by atoms with Gasteiger partial charge >= 0.3 is 0 Å². The molecular weight excluding hydrogens is 116 g/mol. The predicted molar refractivity (Wildman–Crippen MR) is 33.0 cm³/mol. The monoisotopic (exact) mass is 126 g/mol. The van der Waals surface area contributed by atoms with Gasteiger partial charge < -0.3 is 10.2 Å². The van der Waals surface area contributed by atoms with Gasteiger partial charge in [-0.2, -0.15) is 0 Å². The van der Waals surface area contributed by atoms with Crippen molar-refractivity contribution in [1.82, 2.24) is 10.2 Å². The van der Waals surface area contributed by atoms with Crippen molar-refractivity contribution in [2.45, 2.75) is 18.5 Å². The largest absolute Gasteiger partial charge is 0.340 e. The number of nitrogens with one attached hydrogen (secondary N) is 1. The highest BCUT2D eigenvalue weighted by atomic mass is 16.2. The van der Waals surface area contributed by atoms with E-state index in [-0.39, 0.29) is 5.91 Å². The number of amides is 1. The third-order valence-electron chi connectivity index (χ3n) is 2.16. The molecule has 2 atom stereocenters. The zero-order valence-corrected chi connectivity index (χ0v) is 5.42. The van der Waals surface area contributed by atoms with Crippen molar-refractivity contribution >= 4 is 5.91 Å². The van der Waals surface area contributed by atoms with Crippen molar-refractivity contribution in [3.05, 3.63) is 0 Å². The molecule has 0 unspecified atom stereocenters. The normalized spacial score (nSPS) is 40.6. The molecule has 0 spiro atoms. The van der Waals surface area contributed by atoms with Gasteiger partial charge in [0.15, 0.2) is 0 Å². The van der Waals surface area contributed by atoms with Gasteiger partial charge in [-0.15, -0.1) is 0 Å². The Labute approximate surface area is 54.0 Å². The maximum absolute atomic E-state index is 10.9. The number of rotatable bonds is 0. The molecule has 0 aromatic carbocycles. The highest BCUT2D eigenvalue weighted by Gasteiger charge is 2.45. The Balaban J connectivity index is 2.10. The van der Waals surface area contributed by atoms with Gasteiger partial charge in [0.05, 0.1) is 6.54 Å². The van der Waals surface area contributed by atoms with Gasteiger partial charge in [0.2, 0.25) is 5.91 Å². The van der Waals surface area contributed by atoms with E-state index in [9.17, 15) is 4.79 Å². The summed E-state index contributed by atoms with van der Waals surface area (Å²) in [6, 6.07) is 1.14. The van der Waals surface area contributed by atoms with Crippen molar-refractivity contribution in [3.8, 4) is 0 Å². The lowest BCUT2D eigenvalue weighted by atomic mass is 10.4. The van der Waals surface area contributed by atoms with Gasteiger partial charge in [-0.1, -0.05) is 0 Å². The van der Waals surface area contributed by atoms with E-state index in [1.165, 1.54) is 0 Å². The topological polar surface area (TPSA) is 32.3 Å². The van der Waals surface area contributed by atoms with Gasteiger partial charge in [-0.3, -0.25) is 4.79 Å². The van der Waals surface area contributed by atoms with Gasteiger partial charge in [-0.05, 0) is 6.42 Å². The van der Waals surface area contributed by atoms with Crippen LogP contribution in [0.15, 0.2) is 0 Å². The van der Waals surface area contributed by atoms with Crippen LogP contribution in [0.3, 0.4) is 0 Å². The van der Waals surface area contributed by atoms with E-state index < -0.39 is 0 Å². The fraction of sp³-hybridized carbons (Fsp3) is 0.833. The molecule has 3 nitrogen and oxygen atoms in total. The number of fused-ring (bicyclic) bond motifs is 1. The molecule has 1 amide bonds. The molecule has 1 saturated heterocycles. The van der Waals surface area contributed by atoms with Crippen LogP contribution in [-0.2, 0) is 4.79 Å². The number of hydrogen-bond acceptors (Lipinski definition) is 2. The van der Waals surface area contributed by atoms with E-state index in [1.54, 1.807) is 0 Å². The maximum Gasteiger partial charge on any atom is 0.236 e. The Morgan fingerprint density at radius 1 is 1.78 bits per heavy atom. The summed E-state index contributed by atoms with van der Waals surface area (Å²) in [5.41, 5.74) is 0. The Morgan fingerprint density at radius 3 is 3.22 bits per heavy atom. The van der Waals surface area contributed by atoms with E-state index in [4.69, 9.17) is 0 Å². The fourth-order valence-electron chi connectivity index (χ4n) is 1.36. The first-order valence-corrected chi connectivity index (χ1v) is 3.28. The molecule has 0 aromatic rings. The van der Waals surface area contributed by atoms with Crippen LogP contribution >= 0.6 is 0 Å². The number of hydrogen-bond donors (Lipinski definition) is 1. The first kappa shape index (κ1) is 5.23. The third kappa shape index (κ3) is 0.645. The van der Waals surface area contributed by atoms with E-state index in [1.807, 2.05) is 11.9 Å². The summed E-state index contributed by atoms with van der Waals surface area (Å²) < 4.78 is 0. The lowest BCUT2D eigenvalue weighted by molar-refractivity contribution is -0.130. The lowest BCUT2D eigenvalue weighted by Gasteiger charge is -2.21. The first-order chi connectivity index (χ1) is 4.29. The summed E-state index contributed by atoms with van der Waals surface area (Å²) in [6.07, 6.45) is 1.16. The second-order valence-corrected chi connectivity index (χ2v) is 2.80. The Hall–Kier alpha value is -0.570. The van der Waals surface area contributed by atoms with Crippen LogP contribution in [0.25, 0.3) is 0 Å². The molecule has 0 aromatic heterocycles. The van der Waals surface area contributed by atoms with Gasteiger partial charge in [0.25, 0.3) is 0 Å². The second-order valence-electron chi connectivity index (χ2n) is 2.80. The summed E-state index contributed by atoms with van der Waals surface area (Å²) in [5.74, 6) is 0.230. The summed E-state index contributed by atoms with van der Waals surface area (Å²) >= 11 is 0. The minimum atomic E-state index is 0.230. The Morgan fingerprint density at radius 2 is 2.56 bits per heavy atom. The molecule has 1 heterocycles. The average molecular weight is 126 g/mol. The molecule has 1 aliphatic heterocycles. The molecule has 0 bridgehead atoms. The summed E-state index contributed by atoms with van der Waals surface area (Å²) in [6.45, 7) is 0.539. The standard InChI is InChI=1S/C6H10N2O/c1-8-5-2-4(5)7-3-6(8)9/h4-5,7H,2-3H2,1H3/t4-,5+/m0/s1. The minimum absolute atomic E-state index is 0.230. The number of piperazine rings is 1. The molecule has 50 valence electrons. The molecule has 0 radical (unpaired) electrons. The smallest absolute Gasteiger partial charge is 0.236 e. The highest BCUT2D eigenvalue weighted by molar-refractivity contribution is 5.80. The Bertz CT molecular complexity index is 157. The zero-order valence-electron chi connectivity index (χ0n) is 5.42. The van der Waals surface area contributed by atoms with Crippen LogP contribution in [-0.4, -0.2) is 36.5 Å². The third-order valence-corrected chi connectivity index (χ3v) is 2.16. The van der Waals surface area contributed by atoms with Crippen molar-refractivity contribution in [3.63, 3.8) is 0 Å². The van der Waals surface area contributed by atoms with Crippen molar-refractivity contribution in [2.75, 3.05) is 13.6 Å². The van der Waals surface area contributed by atoms with Crippen LogP contribution in [0.2, 0.25) is 0 Å². The SMILES string of the molecule is CN1C(=O)CN[C@H]2C[C@H]21. The van der Waals surface area contributed by atoms with Crippen LogP contribution in [0.5, 0.6) is 0 Å². The molecule has 2 fully saturated rings. The van der Waals surface area contributed by atoms with Gasteiger partial charge in [-0.25, -0.2) is 0 Å². The van der Waals surface area contributed by atoms with Crippen molar-refractivity contribution in [1.29, 1.82) is 0 Å². The van der Waals surface area contributed by atoms with E-state index >= 15 is 0 Å². The summed E-state index contributed by atoms with van der Waals surface area (Å²) in [5, 5.41) is 3.14. The first-order valence-electron chi connectivity index (χ1n) is 3.28. The van der Waals surface area contributed by atoms with Crippen LogP contribution in [0.4, 0.5) is 0 Å². The molecular formula is C6H10N2O. The molecule has 2 aliphatic rings. The molecule has 9 heavy (non-hydrogen) atoms. The average Bonchev–Trinajstić information content (AvgIpc) is 2.58. The van der Waals surface area contributed by atoms with E-state index in [2.05, 4.69) is 5.32 Å². The van der Waals surface area contributed by atoms with Crippen molar-refractivity contribution in [2.24, 2.45) is 0 Å². The number of carbonyl (C=O) groups is 1. The van der Waals surface area contributed by atoms with Crippen LogP contribution in [0, 0.1) is 0 Å². The highest BCUT2D eigenvalue weighted by Crippen LogP contribution is 2.29.